The number of primary amides is 1. The van der Waals surface area contributed by atoms with Crippen molar-refractivity contribution in [1.29, 1.82) is 0 Å². The Kier molecular flexibility index (Phi) is 9.03. The summed E-state index contributed by atoms with van der Waals surface area (Å²) in [4.78, 5) is 13.0. The number of rotatable bonds is 10. The largest absolute Gasteiger partial charge is 0.377 e. The van der Waals surface area contributed by atoms with Crippen LogP contribution in [0, 0.1) is 5.92 Å². The third kappa shape index (κ3) is 9.09. The molecule has 0 saturated heterocycles. The van der Waals surface area contributed by atoms with E-state index < -0.39 is 0 Å². The summed E-state index contributed by atoms with van der Waals surface area (Å²) >= 11 is 0. The zero-order valence-corrected chi connectivity index (χ0v) is 11.3. The van der Waals surface area contributed by atoms with E-state index in [1.54, 1.807) is 0 Å². The molecule has 4 N–H and O–H groups in total. The predicted molar refractivity (Wildman–Crippen MR) is 69.6 cm³/mol. The number of ether oxygens (including phenoxy) is 1. The van der Waals surface area contributed by atoms with Crippen LogP contribution in [-0.2, 0) is 9.53 Å². The first kappa shape index (κ1) is 16.4. The van der Waals surface area contributed by atoms with Crippen molar-refractivity contribution in [3.05, 3.63) is 0 Å². The van der Waals surface area contributed by atoms with Crippen molar-refractivity contribution < 1.29 is 9.53 Å². The Bertz CT molecular complexity index is 210. The molecule has 0 aliphatic rings. The van der Waals surface area contributed by atoms with E-state index in [1.165, 1.54) is 0 Å². The molecule has 1 amide bonds. The lowest BCUT2D eigenvalue weighted by Crippen LogP contribution is -2.39. The molecule has 0 radical (unpaired) electrons. The van der Waals surface area contributed by atoms with Gasteiger partial charge in [0.05, 0.1) is 12.6 Å². The fourth-order valence-corrected chi connectivity index (χ4v) is 1.80. The van der Waals surface area contributed by atoms with E-state index >= 15 is 0 Å². The molecular formula is C12H27N3O2. The number of amides is 1. The van der Waals surface area contributed by atoms with Gasteiger partial charge in [0, 0.05) is 26.2 Å². The van der Waals surface area contributed by atoms with E-state index in [4.69, 9.17) is 16.2 Å². The van der Waals surface area contributed by atoms with Gasteiger partial charge >= 0.3 is 0 Å². The van der Waals surface area contributed by atoms with Gasteiger partial charge in [-0.2, -0.15) is 0 Å². The molecule has 102 valence electrons. The first-order valence-electron chi connectivity index (χ1n) is 6.31. The average molecular weight is 245 g/mol. The summed E-state index contributed by atoms with van der Waals surface area (Å²) in [6, 6.07) is 0. The van der Waals surface area contributed by atoms with Crippen LogP contribution >= 0.6 is 0 Å². The normalized spacial score (nSPS) is 13.3. The van der Waals surface area contributed by atoms with Crippen LogP contribution in [0.25, 0.3) is 0 Å². The van der Waals surface area contributed by atoms with E-state index in [0.29, 0.717) is 25.6 Å². The first-order chi connectivity index (χ1) is 7.99. The van der Waals surface area contributed by atoms with Crippen molar-refractivity contribution in [3.63, 3.8) is 0 Å². The first-order valence-corrected chi connectivity index (χ1v) is 6.31. The van der Waals surface area contributed by atoms with Gasteiger partial charge in [-0.15, -0.1) is 0 Å². The molecule has 1 unspecified atom stereocenters. The Morgan fingerprint density at radius 1 is 1.41 bits per heavy atom. The maximum atomic E-state index is 11.0. The zero-order chi connectivity index (χ0) is 13.3. The Morgan fingerprint density at radius 2 is 2.06 bits per heavy atom. The fraction of sp³-hybridized carbons (Fsp3) is 0.917. The van der Waals surface area contributed by atoms with Crippen molar-refractivity contribution >= 4 is 5.91 Å². The summed E-state index contributed by atoms with van der Waals surface area (Å²) < 4.78 is 5.48. The van der Waals surface area contributed by atoms with Crippen molar-refractivity contribution in [2.45, 2.75) is 33.3 Å². The third-order valence-corrected chi connectivity index (χ3v) is 2.44. The number of hydrogen-bond donors (Lipinski definition) is 2. The number of carbonyl (C=O) groups excluding carboxylic acids is 1. The molecule has 5 heteroatoms. The lowest BCUT2D eigenvalue weighted by Gasteiger charge is -2.25. The van der Waals surface area contributed by atoms with Crippen LogP contribution in [0.1, 0.15) is 27.2 Å². The van der Waals surface area contributed by atoms with Crippen LogP contribution in [-0.4, -0.2) is 49.7 Å². The molecule has 0 aliphatic carbocycles. The Hall–Kier alpha value is -0.650. The summed E-state index contributed by atoms with van der Waals surface area (Å²) in [5, 5.41) is 0. The number of nitrogens with zero attached hydrogens (tertiary/aromatic N) is 1. The highest BCUT2D eigenvalue weighted by molar-refractivity contribution is 5.75. The predicted octanol–water partition coefficient (Wildman–Crippen LogP) is 0.184. The van der Waals surface area contributed by atoms with Crippen molar-refractivity contribution in [2.75, 3.05) is 32.8 Å². The monoisotopic (exact) mass is 245 g/mol. The van der Waals surface area contributed by atoms with E-state index in [2.05, 4.69) is 18.7 Å². The Labute approximate surface area is 104 Å². The summed E-state index contributed by atoms with van der Waals surface area (Å²) in [5.74, 6) is 0.226. The van der Waals surface area contributed by atoms with Gasteiger partial charge in [-0.1, -0.05) is 13.8 Å². The summed E-state index contributed by atoms with van der Waals surface area (Å²) in [5.41, 5.74) is 10.8. The summed E-state index contributed by atoms with van der Waals surface area (Å²) in [6.45, 7) is 9.35. The van der Waals surface area contributed by atoms with Crippen LogP contribution < -0.4 is 11.5 Å². The lowest BCUT2D eigenvalue weighted by atomic mass is 10.2. The maximum Gasteiger partial charge on any atom is 0.231 e. The molecule has 17 heavy (non-hydrogen) atoms. The van der Waals surface area contributed by atoms with Gasteiger partial charge in [0.2, 0.25) is 5.91 Å². The molecule has 0 saturated carbocycles. The van der Waals surface area contributed by atoms with Gasteiger partial charge in [0.1, 0.15) is 0 Å². The number of carbonyl (C=O) groups is 1. The minimum atomic E-state index is -0.286. The van der Waals surface area contributed by atoms with Crippen molar-refractivity contribution in [3.8, 4) is 0 Å². The van der Waals surface area contributed by atoms with Crippen LogP contribution in [0.15, 0.2) is 0 Å². The molecular weight excluding hydrogens is 218 g/mol. The lowest BCUT2D eigenvalue weighted by molar-refractivity contribution is -0.119. The molecule has 0 rings (SSSR count). The Balaban J connectivity index is 4.08. The highest BCUT2D eigenvalue weighted by Crippen LogP contribution is 2.03. The second kappa shape index (κ2) is 9.39. The smallest absolute Gasteiger partial charge is 0.231 e. The van der Waals surface area contributed by atoms with E-state index in [-0.39, 0.29) is 12.0 Å². The SMILES string of the molecule is CCOC(CN)CCN(CC(N)=O)CC(C)C. The van der Waals surface area contributed by atoms with Gasteiger partial charge < -0.3 is 16.2 Å². The molecule has 0 aliphatic heterocycles. The number of nitrogens with two attached hydrogens (primary N) is 2. The van der Waals surface area contributed by atoms with Gasteiger partial charge in [0.15, 0.2) is 0 Å². The van der Waals surface area contributed by atoms with Crippen LogP contribution in [0.5, 0.6) is 0 Å². The fourth-order valence-electron chi connectivity index (χ4n) is 1.80. The molecule has 5 nitrogen and oxygen atoms in total. The van der Waals surface area contributed by atoms with Crippen LogP contribution in [0.3, 0.4) is 0 Å². The summed E-state index contributed by atoms with van der Waals surface area (Å²) in [6.07, 6.45) is 0.909. The maximum absolute atomic E-state index is 11.0. The number of hydrogen-bond acceptors (Lipinski definition) is 4. The molecule has 0 bridgehead atoms. The minimum Gasteiger partial charge on any atom is -0.377 e. The second-order valence-electron chi connectivity index (χ2n) is 4.70. The second-order valence-corrected chi connectivity index (χ2v) is 4.70. The van der Waals surface area contributed by atoms with Crippen LogP contribution in [0.4, 0.5) is 0 Å². The van der Waals surface area contributed by atoms with Crippen molar-refractivity contribution in [2.24, 2.45) is 17.4 Å². The zero-order valence-electron chi connectivity index (χ0n) is 11.3. The van der Waals surface area contributed by atoms with Gasteiger partial charge in [-0.25, -0.2) is 0 Å². The van der Waals surface area contributed by atoms with Crippen molar-refractivity contribution in [1.82, 2.24) is 4.90 Å². The molecule has 1 atom stereocenters. The van der Waals surface area contributed by atoms with Gasteiger partial charge in [-0.05, 0) is 19.3 Å². The molecule has 0 fully saturated rings. The Morgan fingerprint density at radius 3 is 2.47 bits per heavy atom. The molecule has 0 heterocycles. The average Bonchev–Trinajstić information content (AvgIpc) is 2.22. The molecule has 0 aromatic heterocycles. The molecule has 0 aromatic carbocycles. The highest BCUT2D eigenvalue weighted by Gasteiger charge is 2.13. The van der Waals surface area contributed by atoms with Crippen LogP contribution in [0.2, 0.25) is 0 Å². The molecule has 0 spiro atoms. The standard InChI is InChI=1S/C12H27N3O2/c1-4-17-11(7-13)5-6-15(8-10(2)3)9-12(14)16/h10-11H,4-9,13H2,1-3H3,(H2,14,16). The molecule has 0 aromatic rings. The van der Waals surface area contributed by atoms with Gasteiger partial charge in [0.25, 0.3) is 0 Å². The topological polar surface area (TPSA) is 81.6 Å². The quantitative estimate of drug-likeness (QED) is 0.575. The van der Waals surface area contributed by atoms with E-state index in [1.807, 2.05) is 6.92 Å². The van der Waals surface area contributed by atoms with Gasteiger partial charge in [-0.3, -0.25) is 9.69 Å². The highest BCUT2D eigenvalue weighted by atomic mass is 16.5. The third-order valence-electron chi connectivity index (χ3n) is 2.44. The van der Waals surface area contributed by atoms with E-state index in [9.17, 15) is 4.79 Å². The van der Waals surface area contributed by atoms with E-state index in [0.717, 1.165) is 19.5 Å². The summed E-state index contributed by atoms with van der Waals surface area (Å²) in [7, 11) is 0. The minimum absolute atomic E-state index is 0.0718.